The smallest absolute Gasteiger partial charge is 0.0481 e. The molecule has 0 radical (unpaired) electrons. The number of hydrogen-bond donors (Lipinski definition) is 0. The first-order chi connectivity index (χ1) is 36.5. The minimum atomic E-state index is 1.16. The van der Waals surface area contributed by atoms with E-state index in [0.29, 0.717) is 0 Å². The van der Waals surface area contributed by atoms with Crippen molar-refractivity contribution < 1.29 is 0 Å². The summed E-state index contributed by atoms with van der Waals surface area (Å²) in [7, 11) is 0. The minimum absolute atomic E-state index is 1.16. The zero-order valence-corrected chi connectivity index (χ0v) is 48.1. The Balaban J connectivity index is 0.936. The van der Waals surface area contributed by atoms with E-state index in [-0.39, 0.29) is 0 Å². The Morgan fingerprint density at radius 2 is 0.662 bits per heavy atom. The number of fused-ring (bicyclic) bond motifs is 2. The van der Waals surface area contributed by atoms with Crippen molar-refractivity contribution in [2.75, 3.05) is 0 Å². The normalized spacial score (nSPS) is 11.9. The molecule has 0 aliphatic carbocycles. The van der Waals surface area contributed by atoms with Crippen molar-refractivity contribution in [1.29, 1.82) is 0 Å². The molecule has 4 heteroatoms. The SMILES string of the molecule is CCCCCCc1ccc(-c2sc(-c3ccc(C=Cc4c5ccccc5c(C=Cc5ccc(-c6cc(CCCCCC)c(-c7ccc(CCCCCC)s7)s6)cc5)c5ccccc45)cc3)cc2CCCCCC)s1. The lowest BCUT2D eigenvalue weighted by Crippen LogP contribution is -1.88. The summed E-state index contributed by atoms with van der Waals surface area (Å²) in [6.07, 6.45) is 34.9. The maximum Gasteiger partial charge on any atom is 0.0481 e. The number of aryl methyl sites for hydroxylation is 4. The molecule has 5 aromatic carbocycles. The van der Waals surface area contributed by atoms with Crippen molar-refractivity contribution >= 4 is 91.2 Å². The average Bonchev–Trinajstić information content (AvgIpc) is 4.28. The van der Waals surface area contributed by atoms with Gasteiger partial charge in [0.25, 0.3) is 0 Å². The Morgan fingerprint density at radius 3 is 1.01 bits per heavy atom. The van der Waals surface area contributed by atoms with Crippen LogP contribution in [0.2, 0.25) is 0 Å². The van der Waals surface area contributed by atoms with Gasteiger partial charge in [-0.25, -0.2) is 0 Å². The highest BCUT2D eigenvalue weighted by atomic mass is 32.1. The molecule has 382 valence electrons. The van der Waals surface area contributed by atoms with Crippen molar-refractivity contribution in [3.05, 3.63) is 177 Å². The Kier molecular flexibility index (Phi) is 20.0. The number of unbranched alkanes of at least 4 members (excludes halogenated alkanes) is 12. The van der Waals surface area contributed by atoms with Crippen LogP contribution in [-0.2, 0) is 25.7 Å². The second-order valence-corrected chi connectivity index (χ2v) is 25.0. The predicted octanol–water partition coefficient (Wildman–Crippen LogP) is 23.7. The molecule has 0 amide bonds. The minimum Gasteiger partial charge on any atom is -0.139 e. The Hall–Kier alpha value is -5.10. The second kappa shape index (κ2) is 27.6. The predicted molar refractivity (Wildman–Crippen MR) is 337 cm³/mol. The van der Waals surface area contributed by atoms with E-state index < -0.39 is 0 Å². The monoisotopic (exact) mass is 1050 g/mol. The standard InChI is InChI=1S/C70H78S4/c1-5-9-13-17-25-55-49-67(73-69(55)65-47-43-57(71-65)27-19-15-11-7-3)53-39-33-51(34-40-53)37-45-63-59-29-21-23-31-61(59)64(62-32-24-22-30-60(62)63)46-38-52-35-41-54(42-36-52)68-50-56(26-18-14-10-6-2)70(74-68)66-48-44-58(72-66)28-20-16-12-8-4/h21-24,29-50H,5-20,25-28H2,1-4H3. The van der Waals surface area contributed by atoms with Gasteiger partial charge in [0.05, 0.1) is 0 Å². The van der Waals surface area contributed by atoms with Crippen molar-refractivity contribution in [3.63, 3.8) is 0 Å². The summed E-state index contributed by atoms with van der Waals surface area (Å²) in [4.78, 5) is 11.7. The van der Waals surface area contributed by atoms with Gasteiger partial charge in [0.15, 0.2) is 0 Å². The second-order valence-electron chi connectivity index (χ2n) is 20.5. The quantitative estimate of drug-likeness (QED) is 0.0261. The molecule has 0 bridgehead atoms. The largest absolute Gasteiger partial charge is 0.139 e. The summed E-state index contributed by atoms with van der Waals surface area (Å²) < 4.78 is 0. The Morgan fingerprint density at radius 1 is 0.311 bits per heavy atom. The van der Waals surface area contributed by atoms with Crippen LogP contribution in [0.25, 0.3) is 86.2 Å². The highest BCUT2D eigenvalue weighted by Crippen LogP contribution is 2.44. The summed E-state index contributed by atoms with van der Waals surface area (Å²) in [6, 6.07) is 51.1. The third kappa shape index (κ3) is 13.8. The Labute approximate surface area is 461 Å². The fourth-order valence-electron chi connectivity index (χ4n) is 10.6. The molecule has 0 N–H and O–H groups in total. The van der Waals surface area contributed by atoms with Gasteiger partial charge in [0.1, 0.15) is 0 Å². The van der Waals surface area contributed by atoms with Crippen LogP contribution in [0.5, 0.6) is 0 Å². The lowest BCUT2D eigenvalue weighted by molar-refractivity contribution is 0.668. The molecule has 0 spiro atoms. The molecule has 4 aromatic heterocycles. The first-order valence-corrected chi connectivity index (χ1v) is 31.7. The van der Waals surface area contributed by atoms with Crippen LogP contribution in [0.3, 0.4) is 0 Å². The van der Waals surface area contributed by atoms with Gasteiger partial charge < -0.3 is 0 Å². The van der Waals surface area contributed by atoms with E-state index in [9.17, 15) is 0 Å². The average molecular weight is 1050 g/mol. The van der Waals surface area contributed by atoms with Gasteiger partial charge in [0, 0.05) is 39.0 Å². The van der Waals surface area contributed by atoms with Crippen LogP contribution < -0.4 is 0 Å². The van der Waals surface area contributed by atoms with Gasteiger partial charge in [-0.3, -0.25) is 0 Å². The molecular formula is C70H78S4. The molecule has 0 saturated heterocycles. The number of hydrogen-bond acceptors (Lipinski definition) is 4. The van der Waals surface area contributed by atoms with E-state index in [0.717, 1.165) is 12.8 Å². The molecule has 9 aromatic rings. The molecule has 0 atom stereocenters. The third-order valence-electron chi connectivity index (χ3n) is 14.8. The molecule has 0 aliphatic rings. The Bertz CT molecular complexity index is 2940. The number of thiophene rings is 4. The van der Waals surface area contributed by atoms with Crippen LogP contribution in [0, 0.1) is 0 Å². The van der Waals surface area contributed by atoms with E-state index in [2.05, 4.69) is 185 Å². The molecule has 0 unspecified atom stereocenters. The molecule has 74 heavy (non-hydrogen) atoms. The first-order valence-electron chi connectivity index (χ1n) is 28.5. The number of benzene rings is 5. The molecule has 0 fully saturated rings. The van der Waals surface area contributed by atoms with Crippen LogP contribution in [0.1, 0.15) is 174 Å². The molecule has 0 aliphatic heterocycles. The lowest BCUT2D eigenvalue weighted by Gasteiger charge is -2.13. The van der Waals surface area contributed by atoms with Crippen molar-refractivity contribution in [2.24, 2.45) is 0 Å². The molecule has 0 nitrogen and oxygen atoms in total. The summed E-state index contributed by atoms with van der Waals surface area (Å²) >= 11 is 8.03. The summed E-state index contributed by atoms with van der Waals surface area (Å²) in [6.45, 7) is 9.21. The maximum absolute atomic E-state index is 2.50. The van der Waals surface area contributed by atoms with Crippen molar-refractivity contribution in [1.82, 2.24) is 0 Å². The first kappa shape index (κ1) is 53.7. The van der Waals surface area contributed by atoms with Crippen LogP contribution in [0.4, 0.5) is 0 Å². The van der Waals surface area contributed by atoms with Gasteiger partial charge in [-0.1, -0.05) is 226 Å². The van der Waals surface area contributed by atoms with Crippen molar-refractivity contribution in [2.45, 2.75) is 156 Å². The molecular weight excluding hydrogens is 969 g/mol. The van der Waals surface area contributed by atoms with Gasteiger partial charge >= 0.3 is 0 Å². The van der Waals surface area contributed by atoms with Gasteiger partial charge in [-0.05, 0) is 154 Å². The highest BCUT2D eigenvalue weighted by molar-refractivity contribution is 7.24. The van der Waals surface area contributed by atoms with Crippen molar-refractivity contribution in [3.8, 4) is 40.4 Å². The van der Waals surface area contributed by atoms with Crippen LogP contribution >= 0.6 is 45.3 Å². The fourth-order valence-corrected chi connectivity index (χ4v) is 15.4. The van der Waals surface area contributed by atoms with Crippen LogP contribution in [-0.4, -0.2) is 0 Å². The summed E-state index contributed by atoms with van der Waals surface area (Å²) in [5.74, 6) is 0. The molecule has 9 rings (SSSR count). The molecule has 4 heterocycles. The zero-order chi connectivity index (χ0) is 50.9. The third-order valence-corrected chi connectivity index (χ3v) is 19.9. The van der Waals surface area contributed by atoms with Gasteiger partial charge in [-0.2, -0.15) is 0 Å². The lowest BCUT2D eigenvalue weighted by atomic mass is 9.90. The summed E-state index contributed by atoms with van der Waals surface area (Å²) in [5, 5.41) is 5.10. The van der Waals surface area contributed by atoms with E-state index in [1.807, 2.05) is 45.3 Å². The number of rotatable bonds is 28. The molecule has 0 saturated carbocycles. The topological polar surface area (TPSA) is 0 Å². The zero-order valence-electron chi connectivity index (χ0n) is 44.8. The van der Waals surface area contributed by atoms with E-state index in [4.69, 9.17) is 0 Å². The van der Waals surface area contributed by atoms with E-state index in [1.54, 1.807) is 0 Å². The van der Waals surface area contributed by atoms with Gasteiger partial charge in [-0.15, -0.1) is 45.3 Å². The fraction of sp³-hybridized carbons (Fsp3) is 0.343. The highest BCUT2D eigenvalue weighted by Gasteiger charge is 2.17. The van der Waals surface area contributed by atoms with E-state index >= 15 is 0 Å². The van der Waals surface area contributed by atoms with Crippen LogP contribution in [0.15, 0.2) is 133 Å². The van der Waals surface area contributed by atoms with E-state index in [1.165, 1.54) is 221 Å². The summed E-state index contributed by atoms with van der Waals surface area (Å²) in [5.41, 5.74) is 10.6. The van der Waals surface area contributed by atoms with Gasteiger partial charge in [0.2, 0.25) is 0 Å². The maximum atomic E-state index is 2.50.